The Morgan fingerprint density at radius 3 is 2.17 bits per heavy atom. The van der Waals surface area contributed by atoms with Crippen LogP contribution in [-0.4, -0.2) is 63.0 Å². The fraction of sp³-hybridized carbons (Fsp3) is 0.727. The molecular weight excluding hydrogens is 622 g/mol. The summed E-state index contributed by atoms with van der Waals surface area (Å²) >= 11 is -2.39. The van der Waals surface area contributed by atoms with Crippen LogP contribution in [0.3, 0.4) is 0 Å². The van der Waals surface area contributed by atoms with Gasteiger partial charge in [0, 0.05) is 0 Å². The van der Waals surface area contributed by atoms with Gasteiger partial charge in [0.25, 0.3) is 0 Å². The van der Waals surface area contributed by atoms with E-state index in [4.69, 9.17) is 4.52 Å². The molecule has 2 aliphatic heterocycles. The molecule has 0 saturated carbocycles. The second-order valence-corrected chi connectivity index (χ2v) is 28.6. The molecule has 1 aromatic carbocycles. The van der Waals surface area contributed by atoms with Crippen LogP contribution in [0.1, 0.15) is 111 Å². The molecule has 4 atom stereocenters. The van der Waals surface area contributed by atoms with Gasteiger partial charge in [0.05, 0.1) is 0 Å². The van der Waals surface area contributed by atoms with Gasteiger partial charge in [0.2, 0.25) is 0 Å². The summed E-state index contributed by atoms with van der Waals surface area (Å²) < 4.78 is 28.5. The second kappa shape index (κ2) is 16.4. The van der Waals surface area contributed by atoms with Gasteiger partial charge in [-0.2, -0.15) is 0 Å². The molecule has 0 amide bonds. The number of carbonyl (C=O) groups excluding carboxylic acids is 1. The van der Waals surface area contributed by atoms with Crippen molar-refractivity contribution < 1.29 is 13.9 Å². The Bertz CT molecular complexity index is 963. The van der Waals surface area contributed by atoms with Crippen molar-refractivity contribution in [1.29, 1.82) is 0 Å². The van der Waals surface area contributed by atoms with E-state index in [-0.39, 0.29) is 24.2 Å². The van der Waals surface area contributed by atoms with Crippen LogP contribution in [0.5, 0.6) is 0 Å². The van der Waals surface area contributed by atoms with Crippen LogP contribution in [0.4, 0.5) is 0 Å². The van der Waals surface area contributed by atoms with Crippen molar-refractivity contribution in [2.24, 2.45) is 0 Å². The Morgan fingerprint density at radius 2 is 1.62 bits per heavy atom. The van der Waals surface area contributed by atoms with Crippen LogP contribution in [0.25, 0.3) is 0 Å². The molecule has 2 fully saturated rings. The van der Waals surface area contributed by atoms with Crippen molar-refractivity contribution in [2.45, 2.75) is 137 Å². The number of likely N-dealkylation sites (tertiary alicyclic amines) is 1. The van der Waals surface area contributed by atoms with Gasteiger partial charge < -0.3 is 0 Å². The van der Waals surface area contributed by atoms with Gasteiger partial charge in [-0.3, -0.25) is 0 Å². The minimum atomic E-state index is -3.14. The molecule has 0 bridgehead atoms. The molecule has 2 saturated heterocycles. The standard InChI is InChI=1S/C21H30N2O3P.3C4H9.Sn/c1-16(2)23-17(3)21(18-9-6-5-7-10-18)26-27(23,25)14-8-11-19-15-20(24)12-13-22(19)4;3*1-3-4-2;/h5-10,14,16-17,19,21H,4,11-13,15H2,1-3H3;3*1,3-4H2,2H3;. The van der Waals surface area contributed by atoms with Crippen LogP contribution < -0.4 is 0 Å². The van der Waals surface area contributed by atoms with Crippen LogP contribution in [0.15, 0.2) is 42.2 Å². The zero-order valence-electron chi connectivity index (χ0n) is 26.3. The Kier molecular flexibility index (Phi) is 14.0. The molecule has 0 radical (unpaired) electrons. The van der Waals surface area contributed by atoms with Gasteiger partial charge in [-0.1, -0.05) is 6.07 Å². The maximum atomic E-state index is 14.3. The summed E-state index contributed by atoms with van der Waals surface area (Å²) in [5.41, 5.74) is 1.07. The summed E-state index contributed by atoms with van der Waals surface area (Å²) in [6.07, 6.45) is 11.9. The van der Waals surface area contributed by atoms with Crippen molar-refractivity contribution >= 4 is 31.7 Å². The second-order valence-electron chi connectivity index (χ2n) is 12.8. The van der Waals surface area contributed by atoms with Crippen LogP contribution in [-0.2, 0) is 13.9 Å². The Hall–Kier alpha value is -0.461. The molecule has 4 unspecified atom stereocenters. The predicted molar refractivity (Wildman–Crippen MR) is 173 cm³/mol. The first kappa shape index (κ1) is 34.0. The zero-order valence-corrected chi connectivity index (χ0v) is 30.1. The Balaban J connectivity index is 1.79. The van der Waals surface area contributed by atoms with Crippen molar-refractivity contribution in [2.75, 3.05) is 11.1 Å². The molecule has 40 heavy (non-hydrogen) atoms. The number of Topliss-reactive ketones (excluding diaryl/α,β-unsaturated/α-hetero) is 1. The third-order valence-electron chi connectivity index (χ3n) is 9.18. The first-order chi connectivity index (χ1) is 19.2. The van der Waals surface area contributed by atoms with Gasteiger partial charge >= 0.3 is 245 Å². The average Bonchev–Trinajstić information content (AvgIpc) is 3.21. The number of nitrogens with zero attached hydrogens (tertiary/aromatic N) is 2. The first-order valence-electron chi connectivity index (χ1n) is 16.2. The van der Waals surface area contributed by atoms with Crippen molar-refractivity contribution in [3.63, 3.8) is 0 Å². The minimum absolute atomic E-state index is 0.0241. The molecule has 2 aliphatic rings. The van der Waals surface area contributed by atoms with Crippen molar-refractivity contribution in [1.82, 2.24) is 9.57 Å². The van der Waals surface area contributed by atoms with Gasteiger partial charge in [-0.05, 0) is 0 Å². The van der Waals surface area contributed by atoms with Crippen molar-refractivity contribution in [3.05, 3.63) is 47.8 Å². The van der Waals surface area contributed by atoms with Crippen LogP contribution >= 0.6 is 7.52 Å². The van der Waals surface area contributed by atoms with E-state index in [2.05, 4.69) is 69.3 Å². The molecule has 0 aliphatic carbocycles. The van der Waals surface area contributed by atoms with E-state index in [1.807, 2.05) is 24.0 Å². The maximum absolute atomic E-state index is 14.3. The summed E-state index contributed by atoms with van der Waals surface area (Å²) in [6, 6.07) is 10.5. The molecule has 5 nitrogen and oxygen atoms in total. The zero-order chi connectivity index (χ0) is 29.2. The summed E-state index contributed by atoms with van der Waals surface area (Å²) in [6.45, 7) is 14.2. The number of hydrogen-bond donors (Lipinski definition) is 0. The molecule has 0 N–H and O–H groups in total. The average molecular weight is 680 g/mol. The summed E-state index contributed by atoms with van der Waals surface area (Å²) in [5, 5.41) is 0. The molecule has 226 valence electrons. The van der Waals surface area contributed by atoms with Crippen LogP contribution in [0.2, 0.25) is 13.3 Å². The summed E-state index contributed by atoms with van der Waals surface area (Å²) in [4.78, 5) is 15.4. The third-order valence-corrected chi connectivity index (χ3v) is 26.9. The van der Waals surface area contributed by atoms with Gasteiger partial charge in [-0.15, -0.1) is 0 Å². The van der Waals surface area contributed by atoms with E-state index < -0.39 is 25.9 Å². The van der Waals surface area contributed by atoms with Crippen molar-refractivity contribution in [3.8, 4) is 0 Å². The number of hydrogen-bond acceptors (Lipinski definition) is 4. The predicted octanol–water partition coefficient (Wildman–Crippen LogP) is 9.38. The molecule has 7 heteroatoms. The van der Waals surface area contributed by atoms with E-state index in [0.717, 1.165) is 18.5 Å². The first-order valence-corrected chi connectivity index (χ1v) is 26.0. The normalized spacial score (nSPS) is 26.9. The summed E-state index contributed by atoms with van der Waals surface area (Å²) in [7, 11) is -3.14. The number of piperidine rings is 1. The summed E-state index contributed by atoms with van der Waals surface area (Å²) in [5.74, 6) is 2.25. The number of unbranched alkanes of at least 4 members (excludes halogenated alkanes) is 3. The quantitative estimate of drug-likeness (QED) is 0.129. The number of ketones is 1. The Morgan fingerprint density at radius 1 is 1.02 bits per heavy atom. The van der Waals surface area contributed by atoms with E-state index in [1.54, 1.807) is 0 Å². The molecule has 0 aromatic heterocycles. The fourth-order valence-electron chi connectivity index (χ4n) is 7.02. The monoisotopic (exact) mass is 680 g/mol. The molecule has 0 spiro atoms. The number of benzene rings is 1. The fourth-order valence-corrected chi connectivity index (χ4v) is 26.2. The number of rotatable bonds is 16. The van der Waals surface area contributed by atoms with Gasteiger partial charge in [-0.25, -0.2) is 0 Å². The van der Waals surface area contributed by atoms with E-state index in [9.17, 15) is 9.36 Å². The Labute approximate surface area is 249 Å². The van der Waals surface area contributed by atoms with E-state index in [0.29, 0.717) is 18.6 Å². The topological polar surface area (TPSA) is 49.9 Å². The SMILES string of the molecule is CCC[CH2][Sn]([CH2]CCC)([CH2]CCC)[CH2]N1CCC(=O)CC1CC=CP1(=O)OC(c2ccccc2)C(C)N1C(C)C. The van der Waals surface area contributed by atoms with Gasteiger partial charge in [0.15, 0.2) is 0 Å². The third kappa shape index (κ3) is 9.02. The molecule has 1 aromatic rings. The van der Waals surface area contributed by atoms with E-state index in [1.165, 1.54) is 56.4 Å². The van der Waals surface area contributed by atoms with Crippen LogP contribution in [0, 0.1) is 0 Å². The van der Waals surface area contributed by atoms with Gasteiger partial charge in [0.1, 0.15) is 0 Å². The molecule has 3 rings (SSSR count). The molecule has 2 heterocycles. The number of carbonyl (C=O) groups is 1. The van der Waals surface area contributed by atoms with E-state index >= 15 is 0 Å². The molecular formula is C33H57N2O3PSn.